The fraction of sp³-hybridized carbons (Fsp3) is 0.294. The maximum atomic E-state index is 12.6. The van der Waals surface area contributed by atoms with Gasteiger partial charge in [-0.3, -0.25) is 4.79 Å². The molecule has 3 aromatic heterocycles. The number of H-pyrrole nitrogens is 1. The SMILES string of the molecule is O=C(c1cncnc1)N1CCC[C@H](c2cc3cccnc3[nH]2)C1. The van der Waals surface area contributed by atoms with Crippen LogP contribution in [0.4, 0.5) is 0 Å². The molecule has 0 bridgehead atoms. The number of carbonyl (C=O) groups excluding carboxylic acids is 1. The molecule has 4 rings (SSSR count). The topological polar surface area (TPSA) is 74.8 Å². The van der Waals surface area contributed by atoms with Crippen molar-refractivity contribution in [2.45, 2.75) is 18.8 Å². The van der Waals surface area contributed by atoms with Crippen molar-refractivity contribution in [2.24, 2.45) is 0 Å². The lowest BCUT2D eigenvalue weighted by Crippen LogP contribution is -2.39. The monoisotopic (exact) mass is 307 g/mol. The first kappa shape index (κ1) is 13.9. The minimum Gasteiger partial charge on any atom is -0.343 e. The molecule has 1 atom stereocenters. The fourth-order valence-corrected chi connectivity index (χ4v) is 3.21. The van der Waals surface area contributed by atoms with Crippen molar-refractivity contribution in [1.29, 1.82) is 0 Å². The minimum atomic E-state index is 0.00420. The maximum absolute atomic E-state index is 12.6. The molecule has 0 spiro atoms. The van der Waals surface area contributed by atoms with Gasteiger partial charge in [-0.05, 0) is 31.0 Å². The van der Waals surface area contributed by atoms with E-state index >= 15 is 0 Å². The van der Waals surface area contributed by atoms with Crippen LogP contribution >= 0.6 is 0 Å². The number of rotatable bonds is 2. The van der Waals surface area contributed by atoms with Gasteiger partial charge in [0.25, 0.3) is 5.91 Å². The van der Waals surface area contributed by atoms with Gasteiger partial charge >= 0.3 is 0 Å². The van der Waals surface area contributed by atoms with Crippen LogP contribution in [-0.4, -0.2) is 43.8 Å². The molecule has 1 fully saturated rings. The molecule has 1 saturated heterocycles. The molecular weight excluding hydrogens is 290 g/mol. The average molecular weight is 307 g/mol. The summed E-state index contributed by atoms with van der Waals surface area (Å²) in [6.45, 7) is 1.49. The molecule has 4 heterocycles. The van der Waals surface area contributed by atoms with Crippen molar-refractivity contribution in [3.63, 3.8) is 0 Å². The van der Waals surface area contributed by atoms with Gasteiger partial charge in [-0.1, -0.05) is 0 Å². The number of hydrogen-bond donors (Lipinski definition) is 1. The number of carbonyl (C=O) groups is 1. The van der Waals surface area contributed by atoms with Gasteiger partial charge in [0.2, 0.25) is 0 Å². The molecular formula is C17H17N5O. The van der Waals surface area contributed by atoms with Crippen molar-refractivity contribution in [3.05, 3.63) is 54.4 Å². The summed E-state index contributed by atoms with van der Waals surface area (Å²) in [7, 11) is 0. The Morgan fingerprint density at radius 1 is 1.30 bits per heavy atom. The molecule has 3 aromatic rings. The van der Waals surface area contributed by atoms with Gasteiger partial charge in [-0.25, -0.2) is 15.0 Å². The summed E-state index contributed by atoms with van der Waals surface area (Å²) in [4.78, 5) is 30.1. The molecule has 6 nitrogen and oxygen atoms in total. The minimum absolute atomic E-state index is 0.00420. The summed E-state index contributed by atoms with van der Waals surface area (Å²) in [5, 5.41) is 1.11. The highest BCUT2D eigenvalue weighted by molar-refractivity contribution is 5.93. The number of pyridine rings is 1. The highest BCUT2D eigenvalue weighted by Crippen LogP contribution is 2.29. The Bertz CT molecular complexity index is 796. The molecule has 1 amide bonds. The lowest BCUT2D eigenvalue weighted by atomic mass is 9.94. The van der Waals surface area contributed by atoms with Crippen molar-refractivity contribution < 1.29 is 4.79 Å². The quantitative estimate of drug-likeness (QED) is 0.788. The van der Waals surface area contributed by atoms with Crippen LogP contribution in [0.5, 0.6) is 0 Å². The van der Waals surface area contributed by atoms with E-state index in [0.717, 1.165) is 36.1 Å². The van der Waals surface area contributed by atoms with Gasteiger partial charge in [0.15, 0.2) is 0 Å². The molecule has 0 aliphatic carbocycles. The molecule has 0 radical (unpaired) electrons. The van der Waals surface area contributed by atoms with Crippen molar-refractivity contribution in [2.75, 3.05) is 13.1 Å². The molecule has 1 aliphatic heterocycles. The summed E-state index contributed by atoms with van der Waals surface area (Å²) >= 11 is 0. The smallest absolute Gasteiger partial charge is 0.257 e. The molecule has 1 aliphatic rings. The van der Waals surface area contributed by atoms with Gasteiger partial charge in [0, 0.05) is 48.7 Å². The molecule has 23 heavy (non-hydrogen) atoms. The zero-order chi connectivity index (χ0) is 15.6. The van der Waals surface area contributed by atoms with Crippen LogP contribution in [0.3, 0.4) is 0 Å². The van der Waals surface area contributed by atoms with Crippen LogP contribution in [0.1, 0.15) is 34.8 Å². The van der Waals surface area contributed by atoms with E-state index in [1.165, 1.54) is 6.33 Å². The maximum Gasteiger partial charge on any atom is 0.257 e. The molecule has 6 heteroatoms. The first-order chi connectivity index (χ1) is 11.3. The average Bonchev–Trinajstić information content (AvgIpc) is 3.06. The lowest BCUT2D eigenvalue weighted by molar-refractivity contribution is 0.0705. The lowest BCUT2D eigenvalue weighted by Gasteiger charge is -2.32. The van der Waals surface area contributed by atoms with E-state index in [9.17, 15) is 4.79 Å². The summed E-state index contributed by atoms with van der Waals surface area (Å²) in [6, 6.07) is 6.13. The number of aromatic nitrogens is 4. The Kier molecular flexibility index (Phi) is 3.49. The third kappa shape index (κ3) is 2.67. The number of fused-ring (bicyclic) bond motifs is 1. The number of nitrogens with one attached hydrogen (secondary N) is 1. The molecule has 1 N–H and O–H groups in total. The van der Waals surface area contributed by atoms with E-state index in [2.05, 4.69) is 32.1 Å². The Hall–Kier alpha value is -2.76. The van der Waals surface area contributed by atoms with Gasteiger partial charge in [-0.15, -0.1) is 0 Å². The largest absolute Gasteiger partial charge is 0.343 e. The molecule has 116 valence electrons. The summed E-state index contributed by atoms with van der Waals surface area (Å²) < 4.78 is 0. The Balaban J connectivity index is 1.56. The van der Waals surface area contributed by atoms with Crippen LogP contribution in [-0.2, 0) is 0 Å². The Morgan fingerprint density at radius 2 is 2.17 bits per heavy atom. The van der Waals surface area contributed by atoms with E-state index in [1.807, 2.05) is 11.0 Å². The zero-order valence-corrected chi connectivity index (χ0v) is 12.6. The van der Waals surface area contributed by atoms with E-state index in [-0.39, 0.29) is 5.91 Å². The predicted octanol–water partition coefficient (Wildman–Crippen LogP) is 2.37. The predicted molar refractivity (Wildman–Crippen MR) is 86.0 cm³/mol. The van der Waals surface area contributed by atoms with Crippen molar-refractivity contribution >= 4 is 16.9 Å². The third-order valence-electron chi connectivity index (χ3n) is 4.37. The van der Waals surface area contributed by atoms with Gasteiger partial charge in [-0.2, -0.15) is 0 Å². The summed E-state index contributed by atoms with van der Waals surface area (Å²) in [5.41, 5.74) is 2.61. The summed E-state index contributed by atoms with van der Waals surface area (Å²) in [6.07, 6.45) is 8.44. The molecule has 0 saturated carbocycles. The van der Waals surface area contributed by atoms with Crippen LogP contribution < -0.4 is 0 Å². The van der Waals surface area contributed by atoms with E-state index < -0.39 is 0 Å². The number of aromatic amines is 1. The summed E-state index contributed by atoms with van der Waals surface area (Å²) in [5.74, 6) is 0.316. The Morgan fingerprint density at radius 3 is 3.00 bits per heavy atom. The van der Waals surface area contributed by atoms with Crippen LogP contribution in [0.2, 0.25) is 0 Å². The zero-order valence-electron chi connectivity index (χ0n) is 12.6. The van der Waals surface area contributed by atoms with E-state index in [0.29, 0.717) is 18.0 Å². The highest BCUT2D eigenvalue weighted by atomic mass is 16.2. The third-order valence-corrected chi connectivity index (χ3v) is 4.37. The number of piperidine rings is 1. The van der Waals surface area contributed by atoms with Gasteiger partial charge in [0.1, 0.15) is 12.0 Å². The van der Waals surface area contributed by atoms with Crippen LogP contribution in [0.25, 0.3) is 11.0 Å². The van der Waals surface area contributed by atoms with Crippen molar-refractivity contribution in [3.8, 4) is 0 Å². The van der Waals surface area contributed by atoms with E-state index in [1.54, 1.807) is 18.6 Å². The first-order valence-electron chi connectivity index (χ1n) is 7.79. The van der Waals surface area contributed by atoms with Gasteiger partial charge in [0.05, 0.1) is 5.56 Å². The van der Waals surface area contributed by atoms with Crippen LogP contribution in [0.15, 0.2) is 43.1 Å². The number of amides is 1. The van der Waals surface area contributed by atoms with Crippen molar-refractivity contribution in [1.82, 2.24) is 24.8 Å². The second kappa shape index (κ2) is 5.79. The number of hydrogen-bond acceptors (Lipinski definition) is 4. The molecule has 0 unspecified atom stereocenters. The standard InChI is InChI=1S/C17H17N5O/c23-17(14-8-18-11-19-9-14)22-6-2-4-13(10-22)15-7-12-3-1-5-20-16(12)21-15/h1,3,5,7-9,11,13H,2,4,6,10H2,(H,20,21)/t13-/m0/s1. The Labute approximate surface area is 133 Å². The normalized spacial score (nSPS) is 18.3. The number of nitrogens with zero attached hydrogens (tertiary/aromatic N) is 4. The van der Waals surface area contributed by atoms with E-state index in [4.69, 9.17) is 0 Å². The fourth-order valence-electron chi connectivity index (χ4n) is 3.21. The second-order valence-corrected chi connectivity index (χ2v) is 5.88. The molecule has 0 aromatic carbocycles. The highest BCUT2D eigenvalue weighted by Gasteiger charge is 2.26. The van der Waals surface area contributed by atoms with Gasteiger partial charge < -0.3 is 9.88 Å². The number of likely N-dealkylation sites (tertiary alicyclic amines) is 1. The first-order valence-corrected chi connectivity index (χ1v) is 7.79. The van der Waals surface area contributed by atoms with Crippen LogP contribution in [0, 0.1) is 0 Å². The second-order valence-electron chi connectivity index (χ2n) is 5.88.